The molecule has 0 saturated carbocycles. The van der Waals surface area contributed by atoms with E-state index in [9.17, 15) is 0 Å². The molecule has 0 saturated heterocycles. The van der Waals surface area contributed by atoms with Gasteiger partial charge in [0.25, 0.3) is 0 Å². The van der Waals surface area contributed by atoms with E-state index in [0.717, 1.165) is 61.4 Å². The third-order valence-electron chi connectivity index (χ3n) is 15.3. The van der Waals surface area contributed by atoms with Crippen molar-refractivity contribution < 1.29 is 0 Å². The molecule has 0 amide bonds. The lowest BCUT2D eigenvalue weighted by Crippen LogP contribution is -2.18. The van der Waals surface area contributed by atoms with Crippen molar-refractivity contribution in [2.24, 2.45) is 0 Å². The fourth-order valence-electron chi connectivity index (χ4n) is 12.0. The highest BCUT2D eigenvalue weighted by molar-refractivity contribution is 6.16. The molecular formula is C63H46N4. The first-order valence-electron chi connectivity index (χ1n) is 23.5. The van der Waals surface area contributed by atoms with Crippen LogP contribution in [0.25, 0.3) is 88.5 Å². The number of fused-ring (bicyclic) bond motifs is 16. The van der Waals surface area contributed by atoms with E-state index in [4.69, 9.17) is 4.98 Å². The van der Waals surface area contributed by atoms with Gasteiger partial charge in [0.1, 0.15) is 11.2 Å². The van der Waals surface area contributed by atoms with E-state index in [1.807, 2.05) is 0 Å². The summed E-state index contributed by atoms with van der Waals surface area (Å²) in [7, 11) is 0. The number of para-hydroxylation sites is 2. The Labute approximate surface area is 389 Å². The molecule has 0 radical (unpaired) electrons. The smallest absolute Gasteiger partial charge is 0.151 e. The number of hydrogen-bond acceptors (Lipinski definition) is 2. The van der Waals surface area contributed by atoms with Crippen LogP contribution in [-0.2, 0) is 10.8 Å². The number of nitrogens with zero attached hydrogens (tertiary/aromatic N) is 4. The molecule has 0 bridgehead atoms. The Morgan fingerprint density at radius 1 is 0.388 bits per heavy atom. The van der Waals surface area contributed by atoms with Gasteiger partial charge in [-0.2, -0.15) is 0 Å². The number of pyridine rings is 1. The first kappa shape index (κ1) is 38.1. The molecule has 0 spiro atoms. The van der Waals surface area contributed by atoms with Gasteiger partial charge in [-0.1, -0.05) is 173 Å². The highest BCUT2D eigenvalue weighted by Gasteiger charge is 2.38. The first-order valence-corrected chi connectivity index (χ1v) is 23.5. The molecule has 3 aromatic heterocycles. The molecule has 0 atom stereocenters. The van der Waals surface area contributed by atoms with Crippen molar-refractivity contribution in [1.29, 1.82) is 0 Å². The molecule has 9 aromatic carbocycles. The molecule has 4 nitrogen and oxygen atoms in total. The third kappa shape index (κ3) is 5.27. The zero-order valence-electron chi connectivity index (χ0n) is 37.9. The van der Waals surface area contributed by atoms with Crippen molar-refractivity contribution in [1.82, 2.24) is 14.0 Å². The van der Waals surface area contributed by atoms with Crippen molar-refractivity contribution in [3.8, 4) is 39.1 Å². The molecule has 14 rings (SSSR count). The molecule has 0 N–H and O–H groups in total. The second-order valence-electron chi connectivity index (χ2n) is 19.6. The molecule has 0 fully saturated rings. The normalized spacial score (nSPS) is 14.2. The molecule has 318 valence electrons. The molecular weight excluding hydrogens is 813 g/mol. The van der Waals surface area contributed by atoms with Gasteiger partial charge >= 0.3 is 0 Å². The Morgan fingerprint density at radius 3 is 1.46 bits per heavy atom. The van der Waals surface area contributed by atoms with Crippen molar-refractivity contribution in [2.45, 2.75) is 38.5 Å². The second kappa shape index (κ2) is 13.7. The SMILES string of the molecule is CC1(C)c2ccccc2-c2ccc(N(c3ccc(-c4ccc(-n5c6ccccc6c6nc7c8ccccc8c8ccccc8n7c65)cc4)cc3)c3ccc4c(c3)C(C)(C)c3ccccc3-4)cc21. The maximum Gasteiger partial charge on any atom is 0.151 e. The summed E-state index contributed by atoms with van der Waals surface area (Å²) in [6.07, 6.45) is 0. The number of hydrogen-bond donors (Lipinski definition) is 0. The molecule has 0 unspecified atom stereocenters. The number of anilines is 3. The van der Waals surface area contributed by atoms with Gasteiger partial charge in [0.2, 0.25) is 0 Å². The van der Waals surface area contributed by atoms with Gasteiger partial charge in [-0.25, -0.2) is 4.98 Å². The van der Waals surface area contributed by atoms with Crippen LogP contribution in [0.2, 0.25) is 0 Å². The van der Waals surface area contributed by atoms with Crippen LogP contribution >= 0.6 is 0 Å². The molecule has 2 aliphatic carbocycles. The third-order valence-corrected chi connectivity index (χ3v) is 15.3. The van der Waals surface area contributed by atoms with Gasteiger partial charge < -0.3 is 4.90 Å². The standard InChI is InChI=1S/C63H46N4/c1-62(2)53-21-11-7-16-46(53)48-35-33-43(37-55(48)62)65(44-34-36-49-47-17-8-12-22-54(47)63(3,4)56(49)38-44)41-29-25-39(26-30-41)40-27-31-42(32-28-40)66-58-24-14-10-20-52(58)59-61(66)67-57-23-13-9-18-50(57)45-15-5-6-19-51(45)60(67)64-59/h5-38H,1-4H3. The maximum atomic E-state index is 5.40. The quantitative estimate of drug-likeness (QED) is 0.161. The maximum absolute atomic E-state index is 5.40. The predicted molar refractivity (Wildman–Crippen MR) is 280 cm³/mol. The average molecular weight is 859 g/mol. The van der Waals surface area contributed by atoms with Crippen LogP contribution in [-0.4, -0.2) is 14.0 Å². The second-order valence-corrected chi connectivity index (χ2v) is 19.6. The molecule has 12 aromatic rings. The number of benzene rings is 9. The predicted octanol–water partition coefficient (Wildman–Crippen LogP) is 16.5. The van der Waals surface area contributed by atoms with Gasteiger partial charge in [0.05, 0.1) is 11.0 Å². The van der Waals surface area contributed by atoms with Gasteiger partial charge in [-0.3, -0.25) is 8.97 Å². The summed E-state index contributed by atoms with van der Waals surface area (Å²) >= 11 is 0. The van der Waals surface area contributed by atoms with E-state index < -0.39 is 0 Å². The van der Waals surface area contributed by atoms with E-state index in [2.05, 4.69) is 248 Å². The molecule has 0 aliphatic heterocycles. The summed E-state index contributed by atoms with van der Waals surface area (Å²) in [5.74, 6) is 0. The largest absolute Gasteiger partial charge is 0.310 e. The summed E-state index contributed by atoms with van der Waals surface area (Å²) < 4.78 is 4.76. The van der Waals surface area contributed by atoms with Crippen LogP contribution < -0.4 is 4.90 Å². The lowest BCUT2D eigenvalue weighted by Gasteiger charge is -2.30. The van der Waals surface area contributed by atoms with Crippen LogP contribution in [0, 0.1) is 0 Å². The lowest BCUT2D eigenvalue weighted by molar-refractivity contribution is 0.660. The summed E-state index contributed by atoms with van der Waals surface area (Å²) in [6, 6.07) is 76.2. The van der Waals surface area contributed by atoms with Crippen molar-refractivity contribution in [3.63, 3.8) is 0 Å². The number of rotatable bonds is 5. The summed E-state index contributed by atoms with van der Waals surface area (Å²) in [5, 5.41) is 4.74. The van der Waals surface area contributed by atoms with E-state index in [1.165, 1.54) is 66.4 Å². The first-order chi connectivity index (χ1) is 32.8. The lowest BCUT2D eigenvalue weighted by atomic mass is 9.82. The molecule has 67 heavy (non-hydrogen) atoms. The molecule has 3 heterocycles. The topological polar surface area (TPSA) is 25.5 Å². The Kier molecular flexibility index (Phi) is 7.77. The van der Waals surface area contributed by atoms with E-state index in [-0.39, 0.29) is 10.8 Å². The Hall–Kier alpha value is -8.21. The average Bonchev–Trinajstić information content (AvgIpc) is 4.05. The van der Waals surface area contributed by atoms with E-state index >= 15 is 0 Å². The van der Waals surface area contributed by atoms with Crippen LogP contribution in [0.5, 0.6) is 0 Å². The van der Waals surface area contributed by atoms with Crippen LogP contribution in [0.4, 0.5) is 17.1 Å². The minimum atomic E-state index is -0.114. The zero-order valence-corrected chi connectivity index (χ0v) is 37.9. The monoisotopic (exact) mass is 858 g/mol. The Morgan fingerprint density at radius 2 is 0.851 bits per heavy atom. The van der Waals surface area contributed by atoms with E-state index in [1.54, 1.807) is 0 Å². The van der Waals surface area contributed by atoms with Crippen LogP contribution in [0.1, 0.15) is 49.9 Å². The Bertz CT molecular complexity index is 3920. The molecule has 4 heteroatoms. The van der Waals surface area contributed by atoms with Crippen LogP contribution in [0.3, 0.4) is 0 Å². The highest BCUT2D eigenvalue weighted by Crippen LogP contribution is 2.53. The van der Waals surface area contributed by atoms with Crippen molar-refractivity contribution in [3.05, 3.63) is 229 Å². The zero-order chi connectivity index (χ0) is 44.8. The van der Waals surface area contributed by atoms with Gasteiger partial charge in [-0.05, 0) is 122 Å². The highest BCUT2D eigenvalue weighted by atomic mass is 15.2. The summed E-state index contributed by atoms with van der Waals surface area (Å²) in [4.78, 5) is 7.86. The summed E-state index contributed by atoms with van der Waals surface area (Å²) in [6.45, 7) is 9.46. The number of aromatic nitrogens is 3. The van der Waals surface area contributed by atoms with Gasteiger partial charge in [-0.15, -0.1) is 0 Å². The fraction of sp³-hybridized carbons (Fsp3) is 0.0952. The summed E-state index contributed by atoms with van der Waals surface area (Å²) in [5.41, 5.74) is 22.8. The number of imidazole rings is 1. The van der Waals surface area contributed by atoms with Crippen molar-refractivity contribution >= 4 is 66.5 Å². The minimum absolute atomic E-state index is 0.114. The van der Waals surface area contributed by atoms with E-state index in [0.29, 0.717) is 0 Å². The van der Waals surface area contributed by atoms with Gasteiger partial charge in [0.15, 0.2) is 5.65 Å². The van der Waals surface area contributed by atoms with Crippen LogP contribution in [0.15, 0.2) is 206 Å². The molecule has 2 aliphatic rings. The minimum Gasteiger partial charge on any atom is -0.310 e. The van der Waals surface area contributed by atoms with Crippen molar-refractivity contribution in [2.75, 3.05) is 4.90 Å². The Balaban J connectivity index is 0.883. The fourth-order valence-corrected chi connectivity index (χ4v) is 12.0. The van der Waals surface area contributed by atoms with Gasteiger partial charge in [0, 0.05) is 49.7 Å².